The van der Waals surface area contributed by atoms with Gasteiger partial charge in [-0.3, -0.25) is 9.59 Å². The van der Waals surface area contributed by atoms with Gasteiger partial charge in [-0.1, -0.05) is 29.8 Å². The number of allylic oxidation sites excluding steroid dienone is 4. The molecule has 1 aromatic rings. The number of ketones is 2. The minimum Gasteiger partial charge on any atom is -0.512 e. The fraction of sp³-hybridized carbons (Fsp3) is 0.368. The molecule has 2 N–H and O–H groups in total. The van der Waals surface area contributed by atoms with Crippen LogP contribution in [0.5, 0.6) is 0 Å². The molecule has 2 aliphatic rings. The Morgan fingerprint density at radius 2 is 1.33 bits per heavy atom. The van der Waals surface area contributed by atoms with Crippen LogP contribution in [0, 0.1) is 0 Å². The summed E-state index contributed by atoms with van der Waals surface area (Å²) >= 11 is 6.32. The first-order valence-corrected chi connectivity index (χ1v) is 8.53. The van der Waals surface area contributed by atoms with E-state index >= 15 is 0 Å². The van der Waals surface area contributed by atoms with Gasteiger partial charge in [0.25, 0.3) is 0 Å². The first-order chi connectivity index (χ1) is 11.5. The molecule has 1 aromatic carbocycles. The number of hydrogen-bond donors (Lipinski definition) is 2. The Hall–Kier alpha value is -2.07. The number of benzene rings is 1. The van der Waals surface area contributed by atoms with E-state index in [0.29, 0.717) is 49.1 Å². The van der Waals surface area contributed by atoms with Crippen LogP contribution in [0.3, 0.4) is 0 Å². The quantitative estimate of drug-likeness (QED) is 0.841. The van der Waals surface area contributed by atoms with Crippen LogP contribution < -0.4 is 0 Å². The number of carbonyl (C=O) groups is 2. The van der Waals surface area contributed by atoms with E-state index in [0.717, 1.165) is 0 Å². The molecule has 0 unspecified atom stereocenters. The van der Waals surface area contributed by atoms with Gasteiger partial charge < -0.3 is 10.2 Å². The predicted octanol–water partition coefficient (Wildman–Crippen LogP) is 4.55. The second-order valence-corrected chi connectivity index (χ2v) is 6.64. The fourth-order valence-electron chi connectivity index (χ4n) is 3.51. The van der Waals surface area contributed by atoms with Crippen LogP contribution in [-0.4, -0.2) is 21.8 Å². The van der Waals surface area contributed by atoms with Crippen molar-refractivity contribution >= 4 is 23.2 Å². The molecule has 0 atom stereocenters. The summed E-state index contributed by atoms with van der Waals surface area (Å²) in [6.07, 6.45) is 2.60. The van der Waals surface area contributed by atoms with Gasteiger partial charge in [0, 0.05) is 47.8 Å². The van der Waals surface area contributed by atoms with Gasteiger partial charge in [0.2, 0.25) is 0 Å². The zero-order valence-electron chi connectivity index (χ0n) is 13.2. The van der Waals surface area contributed by atoms with Gasteiger partial charge in [-0.05, 0) is 24.5 Å². The third-order valence-corrected chi connectivity index (χ3v) is 5.00. The van der Waals surface area contributed by atoms with Gasteiger partial charge in [0.15, 0.2) is 11.6 Å². The molecule has 0 aromatic heterocycles. The van der Waals surface area contributed by atoms with Gasteiger partial charge in [0.1, 0.15) is 0 Å². The molecule has 5 heteroatoms. The fourth-order valence-corrected chi connectivity index (χ4v) is 3.76. The number of rotatable bonds is 3. The molecule has 4 nitrogen and oxygen atoms in total. The number of Topliss-reactive ketones (excluding diaryl/α,β-unsaturated/α-hetero) is 2. The molecule has 0 saturated carbocycles. The lowest BCUT2D eigenvalue weighted by atomic mass is 9.74. The van der Waals surface area contributed by atoms with Crippen molar-refractivity contribution in [1.82, 2.24) is 0 Å². The number of carbonyl (C=O) groups excluding carboxylic acids is 2. The van der Waals surface area contributed by atoms with Crippen LogP contribution >= 0.6 is 11.6 Å². The Labute approximate surface area is 145 Å². The minimum atomic E-state index is -0.806. The summed E-state index contributed by atoms with van der Waals surface area (Å²) in [6, 6.07) is 6.94. The molecule has 0 spiro atoms. The summed E-state index contributed by atoms with van der Waals surface area (Å²) in [5, 5.41) is 21.1. The van der Waals surface area contributed by atoms with Crippen molar-refractivity contribution in [3.05, 3.63) is 57.5 Å². The van der Waals surface area contributed by atoms with E-state index < -0.39 is 5.92 Å². The van der Waals surface area contributed by atoms with E-state index in [2.05, 4.69) is 0 Å². The van der Waals surface area contributed by atoms with Gasteiger partial charge in [-0.2, -0.15) is 0 Å². The monoisotopic (exact) mass is 346 g/mol. The lowest BCUT2D eigenvalue weighted by Crippen LogP contribution is -2.25. The highest BCUT2D eigenvalue weighted by atomic mass is 35.5. The highest BCUT2D eigenvalue weighted by Gasteiger charge is 2.37. The molecule has 0 fully saturated rings. The summed E-state index contributed by atoms with van der Waals surface area (Å²) in [7, 11) is 0. The van der Waals surface area contributed by atoms with Gasteiger partial charge >= 0.3 is 0 Å². The first kappa shape index (κ1) is 16.8. The average Bonchev–Trinajstić information content (AvgIpc) is 2.53. The molecule has 3 rings (SSSR count). The van der Waals surface area contributed by atoms with Crippen molar-refractivity contribution in [2.75, 3.05) is 0 Å². The van der Waals surface area contributed by atoms with Crippen molar-refractivity contribution < 1.29 is 19.8 Å². The Bertz CT molecular complexity index is 718. The highest BCUT2D eigenvalue weighted by molar-refractivity contribution is 6.31. The van der Waals surface area contributed by atoms with Crippen LogP contribution in [0.15, 0.2) is 46.9 Å². The van der Waals surface area contributed by atoms with Crippen LogP contribution in [0.4, 0.5) is 0 Å². The number of aliphatic hydroxyl groups is 2. The maximum atomic E-state index is 12.5. The molecule has 126 valence electrons. The van der Waals surface area contributed by atoms with Crippen molar-refractivity contribution in [1.29, 1.82) is 0 Å². The van der Waals surface area contributed by atoms with E-state index in [1.807, 2.05) is 0 Å². The Kier molecular flexibility index (Phi) is 4.76. The predicted molar refractivity (Wildman–Crippen MR) is 91.2 cm³/mol. The molecule has 0 saturated heterocycles. The Balaban J connectivity index is 2.25. The first-order valence-electron chi connectivity index (χ1n) is 8.15. The maximum absolute atomic E-state index is 12.5. The van der Waals surface area contributed by atoms with E-state index in [1.165, 1.54) is 0 Å². The molecule has 0 heterocycles. The summed E-state index contributed by atoms with van der Waals surface area (Å²) in [6.45, 7) is 0. The zero-order valence-corrected chi connectivity index (χ0v) is 14.0. The van der Waals surface area contributed by atoms with Crippen LogP contribution in [-0.2, 0) is 9.59 Å². The average molecular weight is 347 g/mol. The van der Waals surface area contributed by atoms with Gasteiger partial charge in [-0.15, -0.1) is 0 Å². The van der Waals surface area contributed by atoms with Crippen molar-refractivity contribution in [3.8, 4) is 0 Å². The van der Waals surface area contributed by atoms with Gasteiger partial charge in [0.05, 0.1) is 11.5 Å². The largest absolute Gasteiger partial charge is 0.512 e. The van der Waals surface area contributed by atoms with Crippen molar-refractivity contribution in [2.45, 2.75) is 44.4 Å². The summed E-state index contributed by atoms with van der Waals surface area (Å²) in [5.74, 6) is -1.20. The Morgan fingerprint density at radius 3 is 1.79 bits per heavy atom. The van der Waals surface area contributed by atoms with E-state index in [4.69, 9.17) is 11.6 Å². The molecule has 2 aliphatic carbocycles. The third kappa shape index (κ3) is 2.98. The maximum Gasteiger partial charge on any atom is 0.163 e. The van der Waals surface area contributed by atoms with E-state index in [1.54, 1.807) is 24.3 Å². The molecule has 24 heavy (non-hydrogen) atoms. The molecular weight excluding hydrogens is 328 g/mol. The van der Waals surface area contributed by atoms with Crippen LogP contribution in [0.1, 0.15) is 50.0 Å². The second kappa shape index (κ2) is 6.81. The van der Waals surface area contributed by atoms with E-state index in [9.17, 15) is 19.8 Å². The SMILES string of the molecule is O=C1CCCC(O)=C1C(C1=C(O)CCCC1=O)c1ccccc1Cl. The van der Waals surface area contributed by atoms with Gasteiger partial charge in [-0.25, -0.2) is 0 Å². The lowest BCUT2D eigenvalue weighted by Gasteiger charge is -2.29. The number of hydrogen-bond acceptors (Lipinski definition) is 4. The zero-order chi connectivity index (χ0) is 17.3. The summed E-state index contributed by atoms with van der Waals surface area (Å²) in [5.41, 5.74) is 0.963. The summed E-state index contributed by atoms with van der Waals surface area (Å²) in [4.78, 5) is 25.0. The van der Waals surface area contributed by atoms with Crippen LogP contribution in [0.25, 0.3) is 0 Å². The number of aliphatic hydroxyl groups excluding tert-OH is 2. The summed E-state index contributed by atoms with van der Waals surface area (Å²) < 4.78 is 0. The molecular formula is C19H19ClO4. The Morgan fingerprint density at radius 1 is 0.833 bits per heavy atom. The van der Waals surface area contributed by atoms with Crippen LogP contribution in [0.2, 0.25) is 5.02 Å². The highest BCUT2D eigenvalue weighted by Crippen LogP contribution is 2.43. The normalized spacial score (nSPS) is 19.4. The number of halogens is 1. The molecule has 0 aliphatic heterocycles. The smallest absolute Gasteiger partial charge is 0.163 e. The van der Waals surface area contributed by atoms with Crippen molar-refractivity contribution in [3.63, 3.8) is 0 Å². The lowest BCUT2D eigenvalue weighted by molar-refractivity contribution is -0.117. The molecule has 0 amide bonds. The third-order valence-electron chi connectivity index (χ3n) is 4.65. The second-order valence-electron chi connectivity index (χ2n) is 6.23. The topological polar surface area (TPSA) is 74.6 Å². The standard InChI is InChI=1S/C19H19ClO4/c20-12-6-2-1-5-11(12)17(18-13(21)7-3-8-14(18)22)19-15(23)9-4-10-16(19)24/h1-2,5-6,17,21,23H,3-4,7-10H2. The molecule has 0 bridgehead atoms. The molecule has 0 radical (unpaired) electrons. The minimum absolute atomic E-state index is 0.00477. The van der Waals surface area contributed by atoms with E-state index in [-0.39, 0.29) is 34.2 Å². The van der Waals surface area contributed by atoms with Crippen molar-refractivity contribution in [2.24, 2.45) is 0 Å².